The average molecular weight is 594 g/mol. The first-order valence-electron chi connectivity index (χ1n) is 16.3. The molecule has 236 valence electrons. The summed E-state index contributed by atoms with van der Waals surface area (Å²) in [6.07, 6.45) is 3.60. The van der Waals surface area contributed by atoms with E-state index < -0.39 is 23.7 Å². The Morgan fingerprint density at radius 3 is 2.19 bits per heavy atom. The number of amides is 1. The first-order valence-corrected chi connectivity index (χ1v) is 16.3. The number of fused-ring (bicyclic) bond motifs is 7. The van der Waals surface area contributed by atoms with E-state index in [4.69, 9.17) is 4.84 Å². The maximum Gasteiger partial charge on any atom is 0.511 e. The van der Waals surface area contributed by atoms with E-state index in [1.807, 2.05) is 6.08 Å². The third kappa shape index (κ3) is 4.08. The summed E-state index contributed by atoms with van der Waals surface area (Å²) in [5.41, 5.74) is -1.44. The maximum absolute atomic E-state index is 14.4. The molecule has 1 unspecified atom stereocenters. The molecule has 0 radical (unpaired) electrons. The summed E-state index contributed by atoms with van der Waals surface area (Å²) in [4.78, 5) is 33.3. The standard InChI is InChI=1S/C34H50F3NO4/c1-28(2)24-10-13-33(7)26(31(24,5)12-11-25(28)40)23(39)18-21-22-19-30(4,15-14-29(22,3)16-17-32(21,33)6)27(41)38(34(35,36)37)42-20-8-9-20/h18,20,22,24-26,40H,8-17,19H2,1-7H3/t22-,24?,25-,26+,29+,30-,31-,32+,33+/m0/s1. The Kier molecular flexibility index (Phi) is 6.62. The molecule has 0 aliphatic heterocycles. The number of nitrogens with zero attached hydrogens (tertiary/aromatic N) is 1. The first-order chi connectivity index (χ1) is 19.2. The Labute approximate surface area is 248 Å². The number of carbonyl (C=O) groups excluding carboxylic acids is 2. The largest absolute Gasteiger partial charge is 0.511 e. The van der Waals surface area contributed by atoms with E-state index in [-0.39, 0.29) is 68.2 Å². The smallest absolute Gasteiger partial charge is 0.393 e. The monoisotopic (exact) mass is 593 g/mol. The lowest BCUT2D eigenvalue weighted by Gasteiger charge is -2.70. The second kappa shape index (κ2) is 9.08. The number of hydroxylamine groups is 2. The second-order valence-corrected chi connectivity index (χ2v) is 17.0. The molecule has 0 aromatic heterocycles. The van der Waals surface area contributed by atoms with Crippen LogP contribution in [0.2, 0.25) is 0 Å². The first kappa shape index (κ1) is 30.6. The van der Waals surface area contributed by atoms with Crippen LogP contribution in [0.5, 0.6) is 0 Å². The van der Waals surface area contributed by atoms with Gasteiger partial charge in [-0.25, -0.2) is 0 Å². The fourth-order valence-electron chi connectivity index (χ4n) is 11.2. The fraction of sp³-hybridized carbons (Fsp3) is 0.882. The van der Waals surface area contributed by atoms with E-state index in [0.717, 1.165) is 37.7 Å². The van der Waals surface area contributed by atoms with Crippen LogP contribution in [0.4, 0.5) is 13.2 Å². The van der Waals surface area contributed by atoms with Crippen molar-refractivity contribution in [3.8, 4) is 0 Å². The molecule has 1 N–H and O–H groups in total. The van der Waals surface area contributed by atoms with Crippen molar-refractivity contribution in [3.05, 3.63) is 11.6 Å². The van der Waals surface area contributed by atoms with Gasteiger partial charge >= 0.3 is 6.30 Å². The number of ketones is 1. The zero-order chi connectivity index (χ0) is 30.9. The van der Waals surface area contributed by atoms with Crippen LogP contribution in [0, 0.1) is 50.2 Å². The van der Waals surface area contributed by atoms with Crippen LogP contribution in [0.25, 0.3) is 0 Å². The normalized spacial score (nSPS) is 48.3. The third-order valence-electron chi connectivity index (χ3n) is 14.3. The molecule has 9 atom stereocenters. The molecule has 6 aliphatic carbocycles. The molecule has 6 rings (SSSR count). The Bertz CT molecular complexity index is 1210. The Balaban J connectivity index is 1.38. The molecule has 6 aliphatic rings. The van der Waals surface area contributed by atoms with Crippen molar-refractivity contribution in [1.82, 2.24) is 5.06 Å². The molecule has 0 spiro atoms. The molecule has 0 heterocycles. The number of alkyl halides is 3. The molecule has 5 fully saturated rings. The van der Waals surface area contributed by atoms with Gasteiger partial charge in [-0.2, -0.15) is 0 Å². The highest BCUT2D eigenvalue weighted by molar-refractivity contribution is 5.95. The minimum absolute atomic E-state index is 0.140. The van der Waals surface area contributed by atoms with Crippen molar-refractivity contribution < 1.29 is 32.7 Å². The van der Waals surface area contributed by atoms with Gasteiger partial charge in [0, 0.05) is 11.3 Å². The number of aliphatic hydroxyl groups is 1. The summed E-state index contributed by atoms with van der Waals surface area (Å²) in [5, 5.41) is 10.7. The van der Waals surface area contributed by atoms with Gasteiger partial charge in [-0.05, 0) is 116 Å². The summed E-state index contributed by atoms with van der Waals surface area (Å²) in [7, 11) is 0. The van der Waals surface area contributed by atoms with Crippen LogP contribution in [0.3, 0.4) is 0 Å². The zero-order valence-corrected chi connectivity index (χ0v) is 26.5. The molecule has 8 heteroatoms. The van der Waals surface area contributed by atoms with Gasteiger partial charge in [0.05, 0.1) is 12.2 Å². The predicted octanol–water partition coefficient (Wildman–Crippen LogP) is 7.77. The minimum Gasteiger partial charge on any atom is -0.393 e. The number of allylic oxidation sites excluding steroid dienone is 2. The van der Waals surface area contributed by atoms with Crippen LogP contribution in [0.15, 0.2) is 11.6 Å². The van der Waals surface area contributed by atoms with Crippen LogP contribution in [-0.2, 0) is 14.4 Å². The van der Waals surface area contributed by atoms with E-state index >= 15 is 0 Å². The second-order valence-electron chi connectivity index (χ2n) is 17.0. The number of hydrogen-bond donors (Lipinski definition) is 1. The highest BCUT2D eigenvalue weighted by Crippen LogP contribution is 2.75. The highest BCUT2D eigenvalue weighted by Gasteiger charge is 2.70. The van der Waals surface area contributed by atoms with E-state index in [9.17, 15) is 27.9 Å². The van der Waals surface area contributed by atoms with Crippen LogP contribution < -0.4 is 0 Å². The van der Waals surface area contributed by atoms with E-state index in [1.54, 1.807) is 6.92 Å². The lowest BCUT2D eigenvalue weighted by molar-refractivity contribution is -0.359. The molecule has 0 aromatic carbocycles. The summed E-state index contributed by atoms with van der Waals surface area (Å²) in [6, 6.07) is 0. The van der Waals surface area contributed by atoms with Crippen LogP contribution >= 0.6 is 0 Å². The summed E-state index contributed by atoms with van der Waals surface area (Å²) >= 11 is 0. The Morgan fingerprint density at radius 2 is 1.57 bits per heavy atom. The maximum atomic E-state index is 14.4. The van der Waals surface area contributed by atoms with E-state index in [1.165, 1.54) is 0 Å². The quantitative estimate of drug-likeness (QED) is 0.268. The number of aliphatic hydroxyl groups excluding tert-OH is 1. The van der Waals surface area contributed by atoms with E-state index in [2.05, 4.69) is 41.5 Å². The molecule has 42 heavy (non-hydrogen) atoms. The molecule has 1 amide bonds. The van der Waals surface area contributed by atoms with Crippen molar-refractivity contribution in [3.63, 3.8) is 0 Å². The molecule has 0 saturated heterocycles. The predicted molar refractivity (Wildman–Crippen MR) is 152 cm³/mol. The van der Waals surface area contributed by atoms with Gasteiger partial charge in [0.1, 0.15) is 0 Å². The van der Waals surface area contributed by atoms with Crippen molar-refractivity contribution in [2.45, 2.75) is 138 Å². The molecule has 0 aromatic rings. The number of carbonyl (C=O) groups is 2. The van der Waals surface area contributed by atoms with Gasteiger partial charge in [0.15, 0.2) is 5.78 Å². The van der Waals surface area contributed by atoms with E-state index in [0.29, 0.717) is 32.1 Å². The SMILES string of the molecule is CC1(C)C2CC[C@]3(C)[C@H](C(=O)C=C4[C@@H]5C[C@@](C)(C(=O)N(OC6CC6)C(F)(F)F)CC[C@]5(C)CC[C@]43C)[C@@]2(C)CC[C@@H]1O. The van der Waals surface area contributed by atoms with Crippen molar-refractivity contribution in [2.75, 3.05) is 0 Å². The van der Waals surface area contributed by atoms with Gasteiger partial charge in [-0.15, -0.1) is 18.2 Å². The van der Waals surface area contributed by atoms with Gasteiger partial charge in [-0.3, -0.25) is 14.4 Å². The fourth-order valence-corrected chi connectivity index (χ4v) is 11.2. The number of rotatable bonds is 3. The molecule has 0 bridgehead atoms. The van der Waals surface area contributed by atoms with Crippen LogP contribution in [-0.4, -0.2) is 40.4 Å². The van der Waals surface area contributed by atoms with Gasteiger partial charge in [0.25, 0.3) is 5.91 Å². The van der Waals surface area contributed by atoms with Crippen molar-refractivity contribution >= 4 is 11.7 Å². The molecule has 5 saturated carbocycles. The lowest BCUT2D eigenvalue weighted by Crippen LogP contribution is -2.66. The summed E-state index contributed by atoms with van der Waals surface area (Å²) in [6.45, 7) is 15.1. The molecular formula is C34H50F3NO4. The van der Waals surface area contributed by atoms with Gasteiger partial charge in [0.2, 0.25) is 0 Å². The van der Waals surface area contributed by atoms with Crippen molar-refractivity contribution in [1.29, 1.82) is 0 Å². The topological polar surface area (TPSA) is 66.8 Å². The lowest BCUT2D eigenvalue weighted by atomic mass is 9.33. The summed E-state index contributed by atoms with van der Waals surface area (Å²) in [5.74, 6) is -0.941. The number of halogens is 3. The van der Waals surface area contributed by atoms with Crippen molar-refractivity contribution in [2.24, 2.45) is 50.2 Å². The third-order valence-corrected chi connectivity index (χ3v) is 14.3. The highest BCUT2D eigenvalue weighted by atomic mass is 19.4. The average Bonchev–Trinajstić information content (AvgIpc) is 3.71. The molecule has 5 nitrogen and oxygen atoms in total. The van der Waals surface area contributed by atoms with Crippen LogP contribution in [0.1, 0.15) is 119 Å². The Morgan fingerprint density at radius 1 is 0.929 bits per heavy atom. The molecular weight excluding hydrogens is 543 g/mol. The Hall–Kier alpha value is -1.41. The minimum atomic E-state index is -4.90. The van der Waals surface area contributed by atoms with Gasteiger partial charge < -0.3 is 5.11 Å². The van der Waals surface area contributed by atoms with Gasteiger partial charge in [-0.1, -0.05) is 54.0 Å². The zero-order valence-electron chi connectivity index (χ0n) is 26.5. The number of hydrogen-bond acceptors (Lipinski definition) is 4. The summed E-state index contributed by atoms with van der Waals surface area (Å²) < 4.78 is 42.2.